The van der Waals surface area contributed by atoms with Crippen molar-refractivity contribution in [3.63, 3.8) is 0 Å². The van der Waals surface area contributed by atoms with Gasteiger partial charge in [0.1, 0.15) is 5.82 Å². The number of hydrogen-bond acceptors (Lipinski definition) is 4. The van der Waals surface area contributed by atoms with Crippen molar-refractivity contribution in [2.24, 2.45) is 0 Å². The molecule has 114 valence electrons. The van der Waals surface area contributed by atoms with Gasteiger partial charge >= 0.3 is 7.12 Å². The Hall–Kier alpha value is -1.79. The van der Waals surface area contributed by atoms with Gasteiger partial charge in [0.05, 0.1) is 28.7 Å². The molecule has 0 radical (unpaired) electrons. The zero-order chi connectivity index (χ0) is 16.0. The van der Waals surface area contributed by atoms with E-state index in [2.05, 4.69) is 9.97 Å². The van der Waals surface area contributed by atoms with E-state index in [1.165, 1.54) is 12.1 Å². The summed E-state index contributed by atoms with van der Waals surface area (Å²) in [7, 11) is -0.578. The second kappa shape index (κ2) is 5.14. The lowest BCUT2D eigenvalue weighted by Gasteiger charge is -2.32. The lowest BCUT2D eigenvalue weighted by Crippen LogP contribution is -2.41. The summed E-state index contributed by atoms with van der Waals surface area (Å²) in [5, 5.41) is 0. The molecule has 0 atom stereocenters. The topological polar surface area (TPSA) is 44.2 Å². The molecule has 2 aromatic rings. The summed E-state index contributed by atoms with van der Waals surface area (Å²) in [6.45, 7) is 7.93. The quantitative estimate of drug-likeness (QED) is 0.800. The molecule has 1 saturated heterocycles. The van der Waals surface area contributed by atoms with E-state index in [0.717, 1.165) is 0 Å². The van der Waals surface area contributed by atoms with Crippen molar-refractivity contribution in [3.8, 4) is 11.3 Å². The second-order valence-electron chi connectivity index (χ2n) is 6.43. The van der Waals surface area contributed by atoms with Gasteiger partial charge in [-0.2, -0.15) is 0 Å². The summed E-state index contributed by atoms with van der Waals surface area (Å²) in [6.07, 6.45) is 3.22. The zero-order valence-electron chi connectivity index (χ0n) is 13.1. The first kappa shape index (κ1) is 15.1. The van der Waals surface area contributed by atoms with Crippen LogP contribution in [-0.2, 0) is 9.31 Å². The lowest BCUT2D eigenvalue weighted by molar-refractivity contribution is 0.00578. The third-order valence-electron chi connectivity index (χ3n) is 4.27. The zero-order valence-corrected chi connectivity index (χ0v) is 13.1. The summed E-state index contributed by atoms with van der Waals surface area (Å²) in [6, 6.07) is 6.27. The van der Waals surface area contributed by atoms with Crippen molar-refractivity contribution in [1.82, 2.24) is 9.97 Å². The summed E-state index contributed by atoms with van der Waals surface area (Å²) in [4.78, 5) is 8.70. The van der Waals surface area contributed by atoms with Crippen LogP contribution in [0.25, 0.3) is 11.3 Å². The number of nitrogens with zero attached hydrogens (tertiary/aromatic N) is 2. The van der Waals surface area contributed by atoms with Crippen LogP contribution in [0.1, 0.15) is 27.7 Å². The van der Waals surface area contributed by atoms with E-state index in [-0.39, 0.29) is 5.82 Å². The molecule has 0 aliphatic carbocycles. The molecule has 0 spiro atoms. The van der Waals surface area contributed by atoms with Crippen molar-refractivity contribution < 1.29 is 13.7 Å². The summed E-state index contributed by atoms with van der Waals surface area (Å²) in [5.74, 6) is -0.305. The van der Waals surface area contributed by atoms with Crippen LogP contribution in [0.5, 0.6) is 0 Å². The molecule has 6 heteroatoms. The van der Waals surface area contributed by atoms with Crippen LogP contribution in [0.15, 0.2) is 36.7 Å². The molecule has 22 heavy (non-hydrogen) atoms. The molecular formula is C16H18BFN2O2. The fourth-order valence-corrected chi connectivity index (χ4v) is 2.25. The molecule has 0 amide bonds. The van der Waals surface area contributed by atoms with E-state index in [0.29, 0.717) is 16.9 Å². The Kier molecular flexibility index (Phi) is 3.53. The first-order valence-electron chi connectivity index (χ1n) is 7.22. The van der Waals surface area contributed by atoms with E-state index >= 15 is 0 Å². The van der Waals surface area contributed by atoms with Crippen LogP contribution < -0.4 is 5.59 Å². The third kappa shape index (κ3) is 2.64. The Morgan fingerprint density at radius 3 is 2.36 bits per heavy atom. The highest BCUT2D eigenvalue weighted by atomic mass is 19.1. The van der Waals surface area contributed by atoms with Crippen molar-refractivity contribution in [3.05, 3.63) is 42.5 Å². The Morgan fingerprint density at radius 2 is 1.73 bits per heavy atom. The first-order valence-corrected chi connectivity index (χ1v) is 7.22. The minimum absolute atomic E-state index is 0.305. The monoisotopic (exact) mass is 300 g/mol. The minimum atomic E-state index is -0.578. The van der Waals surface area contributed by atoms with E-state index in [1.807, 2.05) is 27.7 Å². The second-order valence-corrected chi connectivity index (χ2v) is 6.43. The molecule has 0 saturated carbocycles. The number of aromatic nitrogens is 2. The van der Waals surface area contributed by atoms with Gasteiger partial charge in [-0.3, -0.25) is 9.97 Å². The van der Waals surface area contributed by atoms with E-state index in [9.17, 15) is 4.39 Å². The molecule has 1 aromatic heterocycles. The maximum atomic E-state index is 13.4. The number of benzene rings is 1. The minimum Gasteiger partial charge on any atom is -0.398 e. The van der Waals surface area contributed by atoms with Crippen molar-refractivity contribution in [1.29, 1.82) is 0 Å². The van der Waals surface area contributed by atoms with Gasteiger partial charge in [-0.1, -0.05) is 12.1 Å². The Labute approximate surface area is 129 Å². The van der Waals surface area contributed by atoms with Crippen LogP contribution in [0.3, 0.4) is 0 Å². The smallest absolute Gasteiger partial charge is 0.398 e. The molecule has 4 nitrogen and oxygen atoms in total. The van der Waals surface area contributed by atoms with Crippen LogP contribution >= 0.6 is 0 Å². The van der Waals surface area contributed by atoms with Gasteiger partial charge in [-0.05, 0) is 39.8 Å². The average molecular weight is 300 g/mol. The van der Waals surface area contributed by atoms with E-state index in [4.69, 9.17) is 9.31 Å². The van der Waals surface area contributed by atoms with Gasteiger partial charge in [0, 0.05) is 11.8 Å². The maximum Gasteiger partial charge on any atom is 0.516 e. The normalized spacial score (nSPS) is 19.4. The molecule has 0 unspecified atom stereocenters. The summed E-state index contributed by atoms with van der Waals surface area (Å²) in [5.41, 5.74) is 0.973. The molecule has 1 aliphatic rings. The molecular weight excluding hydrogens is 282 g/mol. The highest BCUT2D eigenvalue weighted by Gasteiger charge is 2.52. The molecule has 1 aromatic carbocycles. The summed E-state index contributed by atoms with van der Waals surface area (Å²) < 4.78 is 25.3. The van der Waals surface area contributed by atoms with Gasteiger partial charge in [0.15, 0.2) is 0 Å². The van der Waals surface area contributed by atoms with Gasteiger partial charge in [0.25, 0.3) is 0 Å². The lowest BCUT2D eigenvalue weighted by atomic mass is 9.85. The molecule has 1 aliphatic heterocycles. The third-order valence-corrected chi connectivity index (χ3v) is 4.27. The average Bonchev–Trinajstić information content (AvgIpc) is 2.68. The van der Waals surface area contributed by atoms with Crippen LogP contribution in [0.4, 0.5) is 4.39 Å². The standard InChI is InChI=1S/C16H18BFN2O2/c1-15(2)16(3,4)22-17(21-15)14-10-19-9-13(20-14)11-6-5-7-12(18)8-11/h5-10H,1-4H3. The van der Waals surface area contributed by atoms with E-state index in [1.54, 1.807) is 24.5 Å². The van der Waals surface area contributed by atoms with Gasteiger partial charge in [-0.15, -0.1) is 0 Å². The molecule has 2 heterocycles. The maximum absolute atomic E-state index is 13.4. The summed E-state index contributed by atoms with van der Waals surface area (Å²) >= 11 is 0. The van der Waals surface area contributed by atoms with Crippen molar-refractivity contribution in [2.75, 3.05) is 0 Å². The Morgan fingerprint density at radius 1 is 1.05 bits per heavy atom. The molecule has 0 bridgehead atoms. The number of hydrogen-bond donors (Lipinski definition) is 0. The Bertz CT molecular complexity index is 690. The predicted molar refractivity (Wildman–Crippen MR) is 83.1 cm³/mol. The fraction of sp³-hybridized carbons (Fsp3) is 0.375. The van der Waals surface area contributed by atoms with Crippen molar-refractivity contribution >= 4 is 12.7 Å². The molecule has 0 N–H and O–H groups in total. The predicted octanol–water partition coefficient (Wildman–Crippen LogP) is 2.58. The highest BCUT2D eigenvalue weighted by molar-refractivity contribution is 6.61. The first-order chi connectivity index (χ1) is 10.3. The molecule has 1 fully saturated rings. The SMILES string of the molecule is CC1(C)OB(c2cncc(-c3cccc(F)c3)n2)OC1(C)C. The van der Waals surface area contributed by atoms with Crippen molar-refractivity contribution in [2.45, 2.75) is 38.9 Å². The fourth-order valence-electron chi connectivity index (χ4n) is 2.25. The largest absolute Gasteiger partial charge is 0.516 e. The molecule has 3 rings (SSSR count). The number of halogens is 1. The number of rotatable bonds is 2. The van der Waals surface area contributed by atoms with Gasteiger partial charge in [-0.25, -0.2) is 4.39 Å². The van der Waals surface area contributed by atoms with Crippen LogP contribution in [-0.4, -0.2) is 28.3 Å². The van der Waals surface area contributed by atoms with Crippen LogP contribution in [0, 0.1) is 5.82 Å². The van der Waals surface area contributed by atoms with E-state index < -0.39 is 18.3 Å². The Balaban J connectivity index is 1.93. The highest BCUT2D eigenvalue weighted by Crippen LogP contribution is 2.36. The van der Waals surface area contributed by atoms with Crippen LogP contribution in [0.2, 0.25) is 0 Å². The van der Waals surface area contributed by atoms with Gasteiger partial charge < -0.3 is 9.31 Å². The van der Waals surface area contributed by atoms with Gasteiger partial charge in [0.2, 0.25) is 0 Å².